The highest BCUT2D eigenvalue weighted by Crippen LogP contribution is 2.29. The van der Waals surface area contributed by atoms with Gasteiger partial charge >= 0.3 is 0 Å². The molecule has 0 aliphatic rings. The predicted molar refractivity (Wildman–Crippen MR) is 82.3 cm³/mol. The highest BCUT2D eigenvalue weighted by molar-refractivity contribution is 9.10. The summed E-state index contributed by atoms with van der Waals surface area (Å²) in [4.78, 5) is 0. The Hall–Kier alpha value is -1.50. The van der Waals surface area contributed by atoms with Crippen LogP contribution < -0.4 is 5.32 Å². The van der Waals surface area contributed by atoms with Crippen LogP contribution in [0.25, 0.3) is 0 Å². The van der Waals surface area contributed by atoms with E-state index in [0.29, 0.717) is 10.6 Å². The highest BCUT2D eigenvalue weighted by atomic mass is 79.9. The molecule has 0 radical (unpaired) electrons. The van der Waals surface area contributed by atoms with E-state index in [-0.39, 0.29) is 6.04 Å². The van der Waals surface area contributed by atoms with Crippen LogP contribution in [0.3, 0.4) is 0 Å². The van der Waals surface area contributed by atoms with E-state index in [1.807, 2.05) is 43.3 Å². The number of halogens is 2. The van der Waals surface area contributed by atoms with Crippen LogP contribution in [0.4, 0.5) is 5.69 Å². The van der Waals surface area contributed by atoms with E-state index in [0.717, 1.165) is 15.7 Å². The molecule has 0 amide bonds. The Balaban J connectivity index is 2.23. The van der Waals surface area contributed by atoms with Crippen molar-refractivity contribution in [2.45, 2.75) is 13.0 Å². The Kier molecular flexibility index (Phi) is 4.47. The van der Waals surface area contributed by atoms with E-state index in [2.05, 4.69) is 27.3 Å². The Morgan fingerprint density at radius 2 is 2.05 bits per heavy atom. The van der Waals surface area contributed by atoms with E-state index in [9.17, 15) is 0 Å². The Morgan fingerprint density at radius 1 is 1.26 bits per heavy atom. The summed E-state index contributed by atoms with van der Waals surface area (Å²) >= 11 is 9.48. The second-order valence-electron chi connectivity index (χ2n) is 4.23. The molecule has 0 aliphatic heterocycles. The van der Waals surface area contributed by atoms with Crippen LogP contribution in [0.1, 0.15) is 24.1 Å². The first-order chi connectivity index (χ1) is 9.10. The third-order valence-electron chi connectivity index (χ3n) is 2.82. The minimum absolute atomic E-state index is 0.0862. The number of rotatable bonds is 3. The van der Waals surface area contributed by atoms with Gasteiger partial charge in [-0.25, -0.2) is 0 Å². The average Bonchev–Trinajstić information content (AvgIpc) is 2.43. The van der Waals surface area contributed by atoms with Crippen molar-refractivity contribution in [1.82, 2.24) is 0 Å². The van der Waals surface area contributed by atoms with Gasteiger partial charge in [-0.3, -0.25) is 0 Å². The zero-order valence-corrected chi connectivity index (χ0v) is 12.7. The Bertz CT molecular complexity index is 634. The molecule has 0 heterocycles. The summed E-state index contributed by atoms with van der Waals surface area (Å²) in [5.74, 6) is 0. The summed E-state index contributed by atoms with van der Waals surface area (Å²) in [6.45, 7) is 2.05. The highest BCUT2D eigenvalue weighted by Gasteiger charge is 2.08. The van der Waals surface area contributed by atoms with E-state index >= 15 is 0 Å². The second-order valence-corrected chi connectivity index (χ2v) is 5.52. The zero-order chi connectivity index (χ0) is 13.8. The molecule has 0 saturated carbocycles. The van der Waals surface area contributed by atoms with E-state index in [1.165, 1.54) is 0 Å². The van der Waals surface area contributed by atoms with Gasteiger partial charge in [0.2, 0.25) is 0 Å². The monoisotopic (exact) mass is 334 g/mol. The first-order valence-corrected chi connectivity index (χ1v) is 6.99. The van der Waals surface area contributed by atoms with Crippen molar-refractivity contribution < 1.29 is 0 Å². The normalized spacial score (nSPS) is 11.7. The Morgan fingerprint density at radius 3 is 2.79 bits per heavy atom. The molecule has 2 rings (SSSR count). The lowest BCUT2D eigenvalue weighted by Gasteiger charge is -2.17. The van der Waals surface area contributed by atoms with Gasteiger partial charge in [-0.1, -0.05) is 23.7 Å². The van der Waals surface area contributed by atoms with E-state index in [4.69, 9.17) is 16.9 Å². The molecule has 0 saturated heterocycles. The van der Waals surface area contributed by atoms with Crippen LogP contribution >= 0.6 is 27.5 Å². The maximum absolute atomic E-state index is 8.92. The molecule has 1 unspecified atom stereocenters. The van der Waals surface area contributed by atoms with Gasteiger partial charge < -0.3 is 5.32 Å². The average molecular weight is 336 g/mol. The van der Waals surface area contributed by atoms with Crippen molar-refractivity contribution in [3.63, 3.8) is 0 Å². The summed E-state index contributed by atoms with van der Waals surface area (Å²) in [5.41, 5.74) is 2.66. The zero-order valence-electron chi connectivity index (χ0n) is 10.3. The van der Waals surface area contributed by atoms with Gasteiger partial charge in [0, 0.05) is 15.5 Å². The summed E-state index contributed by atoms with van der Waals surface area (Å²) in [6, 6.07) is 15.4. The topological polar surface area (TPSA) is 35.8 Å². The number of benzene rings is 2. The summed E-state index contributed by atoms with van der Waals surface area (Å²) < 4.78 is 0.959. The molecule has 0 fully saturated rings. The van der Waals surface area contributed by atoms with Gasteiger partial charge in [0.25, 0.3) is 0 Å². The van der Waals surface area contributed by atoms with Crippen LogP contribution in [0, 0.1) is 11.3 Å². The summed E-state index contributed by atoms with van der Waals surface area (Å²) in [6.07, 6.45) is 0. The van der Waals surface area contributed by atoms with Crippen molar-refractivity contribution in [3.8, 4) is 6.07 Å². The van der Waals surface area contributed by atoms with Crippen molar-refractivity contribution >= 4 is 33.2 Å². The number of nitrogens with zero attached hydrogens (tertiary/aromatic N) is 1. The van der Waals surface area contributed by atoms with Crippen molar-refractivity contribution in [1.29, 1.82) is 5.26 Å². The molecule has 2 nitrogen and oxygen atoms in total. The summed E-state index contributed by atoms with van der Waals surface area (Å²) in [5, 5.41) is 13.0. The predicted octanol–water partition coefficient (Wildman–Crippen LogP) is 5.15. The standard InChI is InChI=1S/C15H12BrClN2/c1-10(12-4-2-3-11(7-12)9-18)19-15-8-13(17)5-6-14(15)16/h2-8,10,19H,1H3. The van der Waals surface area contributed by atoms with E-state index in [1.54, 1.807) is 6.07 Å². The number of nitriles is 1. The Labute approximate surface area is 126 Å². The molecule has 19 heavy (non-hydrogen) atoms. The molecule has 2 aromatic carbocycles. The maximum Gasteiger partial charge on any atom is 0.0991 e. The SMILES string of the molecule is CC(Nc1cc(Cl)ccc1Br)c1cccc(C#N)c1. The maximum atomic E-state index is 8.92. The number of anilines is 1. The number of hydrogen-bond donors (Lipinski definition) is 1. The minimum Gasteiger partial charge on any atom is -0.378 e. The number of nitrogens with one attached hydrogen (secondary N) is 1. The smallest absolute Gasteiger partial charge is 0.0991 e. The van der Waals surface area contributed by atoms with Gasteiger partial charge in [0.05, 0.1) is 17.3 Å². The molecule has 0 aromatic heterocycles. The minimum atomic E-state index is 0.0862. The van der Waals surface area contributed by atoms with Crippen molar-refractivity contribution in [2.24, 2.45) is 0 Å². The second kappa shape index (κ2) is 6.10. The van der Waals surface area contributed by atoms with Crippen LogP contribution in [0.5, 0.6) is 0 Å². The van der Waals surface area contributed by atoms with Crippen LogP contribution in [0.2, 0.25) is 5.02 Å². The van der Waals surface area contributed by atoms with Crippen molar-refractivity contribution in [2.75, 3.05) is 5.32 Å². The third kappa shape index (κ3) is 3.50. The molecule has 0 bridgehead atoms. The fourth-order valence-electron chi connectivity index (χ4n) is 1.80. The first kappa shape index (κ1) is 13.9. The molecule has 1 N–H and O–H groups in total. The molecule has 4 heteroatoms. The molecule has 0 spiro atoms. The lowest BCUT2D eigenvalue weighted by atomic mass is 10.1. The molecule has 2 aromatic rings. The van der Waals surface area contributed by atoms with Crippen LogP contribution in [-0.4, -0.2) is 0 Å². The lowest BCUT2D eigenvalue weighted by molar-refractivity contribution is 0.883. The largest absolute Gasteiger partial charge is 0.378 e. The first-order valence-electron chi connectivity index (χ1n) is 5.82. The van der Waals surface area contributed by atoms with Crippen molar-refractivity contribution in [3.05, 3.63) is 63.1 Å². The fraction of sp³-hybridized carbons (Fsp3) is 0.133. The van der Waals surface area contributed by atoms with Gasteiger partial charge in [0.15, 0.2) is 0 Å². The van der Waals surface area contributed by atoms with Crippen LogP contribution in [-0.2, 0) is 0 Å². The molecule has 0 aliphatic carbocycles. The fourth-order valence-corrected chi connectivity index (χ4v) is 2.34. The summed E-state index contributed by atoms with van der Waals surface area (Å²) in [7, 11) is 0. The number of hydrogen-bond acceptors (Lipinski definition) is 2. The molecule has 96 valence electrons. The van der Waals surface area contributed by atoms with Gasteiger partial charge in [-0.15, -0.1) is 0 Å². The molecule has 1 atom stereocenters. The van der Waals surface area contributed by atoms with Gasteiger partial charge in [-0.2, -0.15) is 5.26 Å². The molecular formula is C15H12BrClN2. The molecular weight excluding hydrogens is 324 g/mol. The lowest BCUT2D eigenvalue weighted by Crippen LogP contribution is -2.07. The van der Waals surface area contributed by atoms with Gasteiger partial charge in [-0.05, 0) is 58.7 Å². The third-order valence-corrected chi connectivity index (χ3v) is 3.74. The quantitative estimate of drug-likeness (QED) is 0.842. The van der Waals surface area contributed by atoms with E-state index < -0.39 is 0 Å². The van der Waals surface area contributed by atoms with Gasteiger partial charge in [0.1, 0.15) is 0 Å². The van der Waals surface area contributed by atoms with Crippen LogP contribution in [0.15, 0.2) is 46.9 Å².